The Morgan fingerprint density at radius 1 is 1.21 bits per heavy atom. The van der Waals surface area contributed by atoms with Gasteiger partial charge < -0.3 is 0 Å². The normalized spacial score (nSPS) is 33.2. The van der Waals surface area contributed by atoms with E-state index in [1.807, 2.05) is 0 Å². The predicted octanol–water partition coefficient (Wildman–Crippen LogP) is 4.49. The topological polar surface area (TPSA) is 0 Å². The van der Waals surface area contributed by atoms with Crippen LogP contribution in [0.1, 0.15) is 59.8 Å². The van der Waals surface area contributed by atoms with Crippen molar-refractivity contribution in [3.63, 3.8) is 0 Å². The molecule has 1 saturated carbocycles. The van der Waals surface area contributed by atoms with Crippen LogP contribution in [0, 0.1) is 17.8 Å². The summed E-state index contributed by atoms with van der Waals surface area (Å²) in [6, 6.07) is 0. The summed E-state index contributed by atoms with van der Waals surface area (Å²) in [6.07, 6.45) is 7.18. The lowest BCUT2D eigenvalue weighted by Crippen LogP contribution is -2.28. The Morgan fingerprint density at radius 3 is 2.36 bits per heavy atom. The highest BCUT2D eigenvalue weighted by Gasteiger charge is 2.38. The van der Waals surface area contributed by atoms with Crippen LogP contribution in [0.5, 0.6) is 0 Å². The molecule has 3 atom stereocenters. The average molecular weight is 214 g/mol. The van der Waals surface area contributed by atoms with E-state index in [1.54, 1.807) is 0 Å². The molecule has 0 aromatic heterocycles. The summed E-state index contributed by atoms with van der Waals surface area (Å²) < 4.78 is 0. The Bertz CT molecular complexity index is 174. The average Bonchev–Trinajstić information content (AvgIpc) is 2.29. The zero-order chi connectivity index (χ0) is 10.8. The Balaban J connectivity index is 2.56. The van der Waals surface area contributed by atoms with Crippen molar-refractivity contribution in [2.45, 2.75) is 65.0 Å². The molecular weight excluding hydrogens is 187 g/mol. The van der Waals surface area contributed by atoms with Crippen molar-refractivity contribution in [1.82, 2.24) is 0 Å². The molecule has 0 spiro atoms. The van der Waals surface area contributed by atoms with E-state index in [9.17, 15) is 0 Å². The van der Waals surface area contributed by atoms with E-state index in [4.69, 9.17) is 0 Å². The van der Waals surface area contributed by atoms with Gasteiger partial charge in [-0.05, 0) is 48.6 Å². The van der Waals surface area contributed by atoms with Crippen molar-refractivity contribution >= 4 is 9.24 Å². The molecule has 1 rings (SSSR count). The van der Waals surface area contributed by atoms with Crippen molar-refractivity contribution in [2.24, 2.45) is 17.8 Å². The van der Waals surface area contributed by atoms with Gasteiger partial charge in [0.15, 0.2) is 0 Å². The molecule has 14 heavy (non-hydrogen) atoms. The molecule has 0 bridgehead atoms. The lowest BCUT2D eigenvalue weighted by atomic mass is 9.82. The molecule has 1 aliphatic carbocycles. The second kappa shape index (κ2) is 4.97. The van der Waals surface area contributed by atoms with Crippen LogP contribution in [0.15, 0.2) is 0 Å². The maximum atomic E-state index is 3.20. The fraction of sp³-hybridized carbons (Fsp3) is 1.00. The van der Waals surface area contributed by atoms with E-state index in [0.29, 0.717) is 5.16 Å². The van der Waals surface area contributed by atoms with Gasteiger partial charge in [-0.3, -0.25) is 0 Å². The monoisotopic (exact) mass is 214 g/mol. The van der Waals surface area contributed by atoms with Gasteiger partial charge in [-0.15, -0.1) is 9.24 Å². The van der Waals surface area contributed by atoms with Crippen LogP contribution in [0.3, 0.4) is 0 Å². The molecule has 0 amide bonds. The molecule has 0 radical (unpaired) electrons. The minimum atomic E-state index is 0.582. The first kappa shape index (κ1) is 12.5. The summed E-state index contributed by atoms with van der Waals surface area (Å²) in [7, 11) is 3.20. The van der Waals surface area contributed by atoms with Gasteiger partial charge in [0.05, 0.1) is 0 Å². The second-order valence-electron chi connectivity index (χ2n) is 6.05. The molecule has 1 heteroatoms. The summed E-state index contributed by atoms with van der Waals surface area (Å²) >= 11 is 0. The third-order valence-corrected chi connectivity index (χ3v) is 4.55. The maximum Gasteiger partial charge on any atom is -0.0119 e. The van der Waals surface area contributed by atoms with E-state index in [2.05, 4.69) is 36.9 Å². The molecule has 0 N–H and O–H groups in total. The summed E-state index contributed by atoms with van der Waals surface area (Å²) in [5, 5.41) is 0.582. The van der Waals surface area contributed by atoms with Crippen molar-refractivity contribution in [2.75, 3.05) is 0 Å². The molecule has 3 unspecified atom stereocenters. The Kier molecular flexibility index (Phi) is 4.44. The van der Waals surface area contributed by atoms with E-state index in [0.717, 1.165) is 17.8 Å². The van der Waals surface area contributed by atoms with Crippen molar-refractivity contribution in [3.05, 3.63) is 0 Å². The molecule has 0 aromatic rings. The molecular formula is C13H27P. The van der Waals surface area contributed by atoms with Gasteiger partial charge in [-0.2, -0.15) is 0 Å². The van der Waals surface area contributed by atoms with Crippen LogP contribution >= 0.6 is 9.24 Å². The van der Waals surface area contributed by atoms with E-state index in [-0.39, 0.29) is 0 Å². The van der Waals surface area contributed by atoms with Crippen LogP contribution in [-0.2, 0) is 0 Å². The Morgan fingerprint density at radius 2 is 1.86 bits per heavy atom. The summed E-state index contributed by atoms with van der Waals surface area (Å²) in [5.41, 5.74) is 0. The van der Waals surface area contributed by atoms with E-state index in [1.165, 1.54) is 32.1 Å². The van der Waals surface area contributed by atoms with Crippen molar-refractivity contribution in [3.8, 4) is 0 Å². The first-order valence-corrected chi connectivity index (χ1v) is 6.80. The van der Waals surface area contributed by atoms with Crippen LogP contribution in [0.25, 0.3) is 0 Å². The summed E-state index contributed by atoms with van der Waals surface area (Å²) in [6.45, 7) is 9.44. The fourth-order valence-electron chi connectivity index (χ4n) is 3.12. The fourth-order valence-corrected chi connectivity index (χ4v) is 4.10. The molecule has 0 aliphatic heterocycles. The standard InChI is InChI=1S/C13H27P/c1-10(2)8-12-6-5-7-13(12,14)9-11(3)4/h10-12H,5-9,14H2,1-4H3. The molecule has 1 fully saturated rings. The number of rotatable bonds is 4. The zero-order valence-electron chi connectivity index (χ0n) is 10.3. The summed E-state index contributed by atoms with van der Waals surface area (Å²) in [4.78, 5) is 0. The lowest BCUT2D eigenvalue weighted by molar-refractivity contribution is 0.314. The smallest absolute Gasteiger partial charge is 0.0119 e. The van der Waals surface area contributed by atoms with Crippen LogP contribution in [0.4, 0.5) is 0 Å². The van der Waals surface area contributed by atoms with Gasteiger partial charge in [-0.25, -0.2) is 0 Å². The third kappa shape index (κ3) is 3.23. The molecule has 0 nitrogen and oxygen atoms in total. The van der Waals surface area contributed by atoms with Gasteiger partial charge in [0.25, 0.3) is 0 Å². The largest absolute Gasteiger partial charge is 0.131 e. The van der Waals surface area contributed by atoms with Crippen molar-refractivity contribution in [1.29, 1.82) is 0 Å². The number of hydrogen-bond donors (Lipinski definition) is 0. The molecule has 84 valence electrons. The van der Waals surface area contributed by atoms with Crippen LogP contribution in [-0.4, -0.2) is 5.16 Å². The quantitative estimate of drug-likeness (QED) is 0.605. The van der Waals surface area contributed by atoms with E-state index < -0.39 is 0 Å². The second-order valence-corrected chi connectivity index (χ2v) is 7.20. The highest BCUT2D eigenvalue weighted by Crippen LogP contribution is 2.49. The van der Waals surface area contributed by atoms with E-state index >= 15 is 0 Å². The minimum absolute atomic E-state index is 0.582. The van der Waals surface area contributed by atoms with Gasteiger partial charge in [0.1, 0.15) is 0 Å². The predicted molar refractivity (Wildman–Crippen MR) is 68.7 cm³/mol. The Labute approximate surface area is 92.4 Å². The lowest BCUT2D eigenvalue weighted by Gasteiger charge is -2.34. The maximum absolute atomic E-state index is 3.20. The molecule has 0 aromatic carbocycles. The van der Waals surface area contributed by atoms with Gasteiger partial charge in [0, 0.05) is 0 Å². The van der Waals surface area contributed by atoms with Crippen molar-refractivity contribution < 1.29 is 0 Å². The third-order valence-electron chi connectivity index (χ3n) is 3.55. The highest BCUT2D eigenvalue weighted by molar-refractivity contribution is 7.19. The Hall–Kier alpha value is 0.430. The van der Waals surface area contributed by atoms with Crippen LogP contribution in [0.2, 0.25) is 0 Å². The SMILES string of the molecule is CC(C)CC1CCCC1(P)CC(C)C. The zero-order valence-corrected chi connectivity index (χ0v) is 11.5. The van der Waals surface area contributed by atoms with Gasteiger partial charge >= 0.3 is 0 Å². The highest BCUT2D eigenvalue weighted by atomic mass is 31.0. The van der Waals surface area contributed by atoms with Gasteiger partial charge in [-0.1, -0.05) is 34.1 Å². The first-order valence-electron chi connectivity index (χ1n) is 6.23. The molecule has 1 aliphatic rings. The number of hydrogen-bond acceptors (Lipinski definition) is 0. The first-order chi connectivity index (χ1) is 6.44. The minimum Gasteiger partial charge on any atom is -0.131 e. The molecule has 0 saturated heterocycles. The molecule has 0 heterocycles. The summed E-state index contributed by atoms with van der Waals surface area (Å²) in [5.74, 6) is 2.68. The van der Waals surface area contributed by atoms with Crippen LogP contribution < -0.4 is 0 Å². The van der Waals surface area contributed by atoms with Gasteiger partial charge in [0.2, 0.25) is 0 Å².